The van der Waals surface area contributed by atoms with Crippen molar-refractivity contribution < 1.29 is 29.0 Å². The molecule has 0 aromatic rings. The van der Waals surface area contributed by atoms with E-state index < -0.39 is 5.97 Å². The first-order chi connectivity index (χ1) is 12.4. The van der Waals surface area contributed by atoms with Gasteiger partial charge >= 0.3 is 17.9 Å². The van der Waals surface area contributed by atoms with Crippen LogP contribution in [0.2, 0.25) is 0 Å². The number of unbranched alkanes of at least 4 members (excludes halogenated alkanes) is 1. The summed E-state index contributed by atoms with van der Waals surface area (Å²) in [6.07, 6.45) is 3.07. The molecule has 152 valence electrons. The Hall–Kier alpha value is -3.14. The number of nitriles is 1. The summed E-state index contributed by atoms with van der Waals surface area (Å²) in [6.45, 7) is 21.7. The van der Waals surface area contributed by atoms with Crippen molar-refractivity contribution in [1.82, 2.24) is 0 Å². The van der Waals surface area contributed by atoms with E-state index in [1.54, 1.807) is 13.8 Å². The summed E-state index contributed by atoms with van der Waals surface area (Å²) in [5, 5.41) is 15.7. The highest BCUT2D eigenvalue weighted by atomic mass is 16.5. The lowest BCUT2D eigenvalue weighted by Gasteiger charge is -2.01. The van der Waals surface area contributed by atoms with Crippen LogP contribution in [0.15, 0.2) is 49.3 Å². The quantitative estimate of drug-likeness (QED) is 0.239. The Morgan fingerprint density at radius 2 is 1.48 bits per heavy atom. The van der Waals surface area contributed by atoms with Gasteiger partial charge in [0.15, 0.2) is 0 Å². The molecule has 0 aromatic heterocycles. The first-order valence-corrected chi connectivity index (χ1v) is 7.92. The lowest BCUT2D eigenvalue weighted by molar-refractivity contribution is -0.139. The molecule has 0 atom stereocenters. The zero-order valence-electron chi connectivity index (χ0n) is 17.0. The van der Waals surface area contributed by atoms with E-state index in [9.17, 15) is 14.4 Å². The second-order valence-corrected chi connectivity index (χ2v) is 5.02. The first kappa shape index (κ1) is 31.6. The van der Waals surface area contributed by atoms with Crippen LogP contribution < -0.4 is 0 Å². The minimum atomic E-state index is -0.935. The molecule has 1 N–H and O–H groups in total. The summed E-state index contributed by atoms with van der Waals surface area (Å²) in [5.74, 6) is -1.55. The average Bonchev–Trinajstić information content (AvgIpc) is 2.56. The molecular formula is C20H31NO6. The molecule has 7 nitrogen and oxygen atoms in total. The normalized spacial score (nSPS) is 7.56. The van der Waals surface area contributed by atoms with Gasteiger partial charge in [-0.15, -0.1) is 0 Å². The summed E-state index contributed by atoms with van der Waals surface area (Å²) >= 11 is 0. The van der Waals surface area contributed by atoms with Gasteiger partial charge in [0.2, 0.25) is 0 Å². The average molecular weight is 381 g/mol. The maximum Gasteiger partial charge on any atom is 0.333 e. The van der Waals surface area contributed by atoms with Gasteiger partial charge in [0.25, 0.3) is 0 Å². The highest BCUT2D eigenvalue weighted by Gasteiger charge is 2.00. The van der Waals surface area contributed by atoms with E-state index in [1.165, 1.54) is 13.8 Å². The summed E-state index contributed by atoms with van der Waals surface area (Å²) in [6, 6.07) is 1.83. The molecule has 0 fully saturated rings. The molecule has 27 heavy (non-hydrogen) atoms. The predicted molar refractivity (Wildman–Crippen MR) is 106 cm³/mol. The highest BCUT2D eigenvalue weighted by Crippen LogP contribution is 1.94. The minimum absolute atomic E-state index is 0.176. The molecule has 0 rings (SSSR count). The molecule has 0 aliphatic rings. The van der Waals surface area contributed by atoms with Crippen molar-refractivity contribution in [2.24, 2.45) is 0 Å². The van der Waals surface area contributed by atoms with Gasteiger partial charge in [-0.05, 0) is 27.2 Å². The Labute approximate surface area is 162 Å². The predicted octanol–water partition coefficient (Wildman–Crippen LogP) is 4.33. The SMILES string of the molecule is C=C(C)C#N.C=C(C)C(=O)O.C=C(C)C(=O)OCCCC.C=COC(C)=O. The fourth-order valence-corrected chi connectivity index (χ4v) is 0.550. The third-order valence-corrected chi connectivity index (χ3v) is 1.88. The minimum Gasteiger partial charge on any atom is -0.478 e. The number of carbonyl (C=O) groups is 3. The molecule has 7 heteroatoms. The maximum atomic E-state index is 10.7. The van der Waals surface area contributed by atoms with Gasteiger partial charge in [-0.3, -0.25) is 4.79 Å². The number of carbonyl (C=O) groups excluding carboxylic acids is 2. The summed E-state index contributed by atoms with van der Waals surface area (Å²) in [7, 11) is 0. The summed E-state index contributed by atoms with van der Waals surface area (Å²) in [4.78, 5) is 30.0. The van der Waals surface area contributed by atoms with Crippen molar-refractivity contribution in [3.05, 3.63) is 49.3 Å². The number of ether oxygens (including phenoxy) is 2. The molecule has 0 radical (unpaired) electrons. The van der Waals surface area contributed by atoms with Gasteiger partial charge < -0.3 is 14.6 Å². The Bertz CT molecular complexity index is 543. The van der Waals surface area contributed by atoms with Gasteiger partial charge in [0.1, 0.15) is 0 Å². The number of hydrogen-bond acceptors (Lipinski definition) is 6. The van der Waals surface area contributed by atoms with E-state index >= 15 is 0 Å². The molecule has 0 aromatic carbocycles. The number of hydrogen-bond donors (Lipinski definition) is 1. The van der Waals surface area contributed by atoms with Gasteiger partial charge in [-0.1, -0.05) is 39.7 Å². The van der Waals surface area contributed by atoms with Crippen LogP contribution in [0.25, 0.3) is 0 Å². The van der Waals surface area contributed by atoms with Crippen LogP contribution in [0.1, 0.15) is 47.5 Å². The fraction of sp³-hybridized carbons (Fsp3) is 0.400. The monoisotopic (exact) mass is 381 g/mol. The van der Waals surface area contributed by atoms with E-state index in [2.05, 4.69) is 38.0 Å². The van der Waals surface area contributed by atoms with Crippen LogP contribution in [-0.4, -0.2) is 29.6 Å². The van der Waals surface area contributed by atoms with Crippen molar-refractivity contribution in [3.8, 4) is 6.07 Å². The van der Waals surface area contributed by atoms with Gasteiger partial charge in [0.05, 0.1) is 18.9 Å². The van der Waals surface area contributed by atoms with Gasteiger partial charge in [-0.2, -0.15) is 5.26 Å². The zero-order valence-corrected chi connectivity index (χ0v) is 17.0. The molecule has 0 bridgehead atoms. The second-order valence-electron chi connectivity index (χ2n) is 5.02. The first-order valence-electron chi connectivity index (χ1n) is 7.92. The Morgan fingerprint density at radius 3 is 1.63 bits per heavy atom. The Morgan fingerprint density at radius 1 is 1.07 bits per heavy atom. The number of carboxylic acids is 1. The van der Waals surface area contributed by atoms with E-state index in [0.717, 1.165) is 19.1 Å². The summed E-state index contributed by atoms with van der Waals surface area (Å²) < 4.78 is 8.97. The molecule has 0 saturated heterocycles. The molecule has 0 aliphatic heterocycles. The van der Waals surface area contributed by atoms with Crippen molar-refractivity contribution in [1.29, 1.82) is 5.26 Å². The smallest absolute Gasteiger partial charge is 0.333 e. The molecule has 0 heterocycles. The number of allylic oxidation sites excluding steroid dienone is 1. The molecular weight excluding hydrogens is 350 g/mol. The van der Waals surface area contributed by atoms with E-state index in [1.807, 2.05) is 6.07 Å². The van der Waals surface area contributed by atoms with Crippen molar-refractivity contribution in [3.63, 3.8) is 0 Å². The third kappa shape index (κ3) is 45.0. The fourth-order valence-electron chi connectivity index (χ4n) is 0.550. The van der Waals surface area contributed by atoms with Crippen LogP contribution in [0.4, 0.5) is 0 Å². The standard InChI is InChI=1S/C8H14O2.C4H5N.2C4H6O2/c1-4-5-6-10-8(9)7(2)3;1-4(2)3-5;1-3-6-4(2)5;1-3(2)4(5)6/h2,4-6H2,1,3H3;1H2,2H3;3H,1H2,2H3;1H2,2H3,(H,5,6). The van der Waals surface area contributed by atoms with Crippen LogP contribution in [0, 0.1) is 11.3 Å². The van der Waals surface area contributed by atoms with Gasteiger partial charge in [0, 0.05) is 23.6 Å². The van der Waals surface area contributed by atoms with Crippen molar-refractivity contribution in [2.75, 3.05) is 6.61 Å². The van der Waals surface area contributed by atoms with E-state index in [-0.39, 0.29) is 17.5 Å². The lowest BCUT2D eigenvalue weighted by Crippen LogP contribution is -2.05. The molecule has 0 aliphatic carbocycles. The third-order valence-electron chi connectivity index (χ3n) is 1.88. The van der Waals surface area contributed by atoms with Crippen LogP contribution in [0.5, 0.6) is 0 Å². The lowest BCUT2D eigenvalue weighted by atomic mass is 10.3. The Kier molecular flexibility index (Phi) is 26.8. The van der Waals surface area contributed by atoms with E-state index in [0.29, 0.717) is 17.8 Å². The highest BCUT2D eigenvalue weighted by molar-refractivity contribution is 5.86. The number of rotatable bonds is 6. The van der Waals surface area contributed by atoms with Crippen LogP contribution in [-0.2, 0) is 23.9 Å². The topological polar surface area (TPSA) is 114 Å². The van der Waals surface area contributed by atoms with Crippen molar-refractivity contribution in [2.45, 2.75) is 47.5 Å². The summed E-state index contributed by atoms with van der Waals surface area (Å²) in [5.41, 5.74) is 1.20. The number of aliphatic carboxylic acids is 1. The zero-order chi connectivity index (χ0) is 22.4. The molecule has 0 saturated carbocycles. The second kappa shape index (κ2) is 22.9. The van der Waals surface area contributed by atoms with Crippen LogP contribution in [0.3, 0.4) is 0 Å². The maximum absolute atomic E-state index is 10.7. The van der Waals surface area contributed by atoms with Gasteiger partial charge in [-0.25, -0.2) is 9.59 Å². The molecule has 0 spiro atoms. The molecule has 0 unspecified atom stereocenters. The van der Waals surface area contributed by atoms with Crippen LogP contribution >= 0.6 is 0 Å². The number of carboxylic acid groups (broad SMARTS) is 1. The van der Waals surface area contributed by atoms with E-state index in [4.69, 9.17) is 15.1 Å². The Balaban J connectivity index is -0.000000137. The number of esters is 2. The number of nitrogens with zero attached hydrogens (tertiary/aromatic N) is 1. The largest absolute Gasteiger partial charge is 0.478 e. The van der Waals surface area contributed by atoms with Crippen molar-refractivity contribution >= 4 is 17.9 Å². The molecule has 0 amide bonds.